The molecule has 9 heteroatoms. The minimum absolute atomic E-state index is 0.0233. The van der Waals surface area contributed by atoms with Crippen LogP contribution in [-0.2, 0) is 22.7 Å². The summed E-state index contributed by atoms with van der Waals surface area (Å²) in [6.45, 7) is 0.818. The van der Waals surface area contributed by atoms with E-state index < -0.39 is 18.2 Å². The Balaban J connectivity index is 1.27. The van der Waals surface area contributed by atoms with Crippen molar-refractivity contribution >= 4 is 24.2 Å². The van der Waals surface area contributed by atoms with Crippen LogP contribution in [-0.4, -0.2) is 71.7 Å². The molecule has 166 valence electrons. The van der Waals surface area contributed by atoms with Gasteiger partial charge in [-0.1, -0.05) is 42.5 Å². The highest BCUT2D eigenvalue weighted by Gasteiger charge is 2.48. The Kier molecular flexibility index (Phi) is 6.07. The first-order valence-corrected chi connectivity index (χ1v) is 10.3. The van der Waals surface area contributed by atoms with Gasteiger partial charge in [0.1, 0.15) is 12.4 Å². The van der Waals surface area contributed by atoms with Crippen LogP contribution in [0, 0.1) is 0 Å². The summed E-state index contributed by atoms with van der Waals surface area (Å²) in [5, 5.41) is 2.86. The lowest BCUT2D eigenvalue weighted by Crippen LogP contribution is -2.64. The van der Waals surface area contributed by atoms with Crippen LogP contribution in [0.15, 0.2) is 59.6 Å². The zero-order valence-corrected chi connectivity index (χ0v) is 18.0. The van der Waals surface area contributed by atoms with Gasteiger partial charge >= 0.3 is 6.03 Å². The number of ether oxygens (including phenoxy) is 1. The molecule has 4 amide bonds. The number of hydrogen-bond donors (Lipinski definition) is 1. The highest BCUT2D eigenvalue weighted by molar-refractivity contribution is 6.02. The number of rotatable bonds is 7. The Morgan fingerprint density at radius 1 is 1.03 bits per heavy atom. The second-order valence-corrected chi connectivity index (χ2v) is 7.78. The first kappa shape index (κ1) is 21.4. The molecular weight excluding hydrogens is 410 g/mol. The van der Waals surface area contributed by atoms with E-state index >= 15 is 0 Å². The number of nitrogens with zero attached hydrogens (tertiary/aromatic N) is 4. The number of urea groups is 1. The number of carbonyl (C=O) groups excluding carboxylic acids is 3. The highest BCUT2D eigenvalue weighted by Crippen LogP contribution is 2.24. The molecule has 32 heavy (non-hydrogen) atoms. The molecular formula is C23H25N5O4. The van der Waals surface area contributed by atoms with Crippen LogP contribution in [0.2, 0.25) is 0 Å². The summed E-state index contributed by atoms with van der Waals surface area (Å²) >= 11 is 0. The number of benzene rings is 2. The van der Waals surface area contributed by atoms with Crippen molar-refractivity contribution < 1.29 is 19.1 Å². The monoisotopic (exact) mass is 435 g/mol. The van der Waals surface area contributed by atoms with E-state index in [4.69, 9.17) is 4.74 Å². The van der Waals surface area contributed by atoms with Crippen molar-refractivity contribution in [2.24, 2.45) is 4.99 Å². The average molecular weight is 435 g/mol. The topological polar surface area (TPSA) is 94.6 Å². The summed E-state index contributed by atoms with van der Waals surface area (Å²) in [7, 11) is 3.03. The molecule has 2 aromatic rings. The molecule has 0 saturated carbocycles. The fourth-order valence-corrected chi connectivity index (χ4v) is 3.71. The van der Waals surface area contributed by atoms with Crippen LogP contribution in [0.4, 0.5) is 4.79 Å². The zero-order valence-electron chi connectivity index (χ0n) is 18.0. The Morgan fingerprint density at radius 3 is 2.47 bits per heavy atom. The van der Waals surface area contributed by atoms with Crippen LogP contribution in [0.3, 0.4) is 0 Å². The van der Waals surface area contributed by atoms with Crippen molar-refractivity contribution in [2.75, 3.05) is 20.6 Å². The normalized spacial score (nSPS) is 19.9. The van der Waals surface area contributed by atoms with Crippen LogP contribution < -0.4 is 10.1 Å². The number of hydrogen-bond acceptors (Lipinski definition) is 6. The predicted molar refractivity (Wildman–Crippen MR) is 118 cm³/mol. The van der Waals surface area contributed by atoms with Crippen molar-refractivity contribution in [3.05, 3.63) is 65.7 Å². The van der Waals surface area contributed by atoms with E-state index in [9.17, 15) is 14.4 Å². The second-order valence-electron chi connectivity index (χ2n) is 7.78. The summed E-state index contributed by atoms with van der Waals surface area (Å²) in [6, 6.07) is 16.4. The first-order valence-electron chi connectivity index (χ1n) is 10.3. The molecule has 1 saturated heterocycles. The molecule has 0 aromatic heterocycles. The maximum Gasteiger partial charge on any atom is 0.328 e. The van der Waals surface area contributed by atoms with Crippen molar-refractivity contribution in [2.45, 2.75) is 25.4 Å². The van der Waals surface area contributed by atoms with Gasteiger partial charge in [0.15, 0.2) is 12.2 Å². The van der Waals surface area contributed by atoms with Gasteiger partial charge in [0.25, 0.3) is 5.91 Å². The van der Waals surface area contributed by atoms with E-state index in [1.807, 2.05) is 54.6 Å². The molecule has 0 bridgehead atoms. The fraction of sp³-hybridized carbons (Fsp3) is 0.304. The summed E-state index contributed by atoms with van der Waals surface area (Å²) in [5.41, 5.74) is 2.02. The number of fused-ring (bicyclic) bond motifs is 1. The van der Waals surface area contributed by atoms with Gasteiger partial charge in [0.05, 0.1) is 12.9 Å². The second kappa shape index (κ2) is 9.09. The summed E-state index contributed by atoms with van der Waals surface area (Å²) in [5.74, 6) is 0.146. The van der Waals surface area contributed by atoms with Gasteiger partial charge < -0.3 is 19.9 Å². The molecule has 2 atom stereocenters. The molecule has 0 aliphatic carbocycles. The third-order valence-electron chi connectivity index (χ3n) is 5.56. The lowest BCUT2D eigenvalue weighted by atomic mass is 10.1. The van der Waals surface area contributed by atoms with Crippen molar-refractivity contribution in [3.8, 4) is 5.75 Å². The van der Waals surface area contributed by atoms with E-state index in [1.54, 1.807) is 11.9 Å². The fourth-order valence-electron chi connectivity index (χ4n) is 3.71. The maximum absolute atomic E-state index is 12.5. The van der Waals surface area contributed by atoms with Gasteiger partial charge in [-0.05, 0) is 23.3 Å². The Hall–Kier alpha value is -3.88. The molecule has 1 fully saturated rings. The molecule has 0 radical (unpaired) electrons. The van der Waals surface area contributed by atoms with Gasteiger partial charge in [0.2, 0.25) is 5.91 Å². The molecule has 2 aromatic carbocycles. The minimum Gasteiger partial charge on any atom is -0.489 e. The highest BCUT2D eigenvalue weighted by atomic mass is 16.5. The molecule has 2 aliphatic heterocycles. The van der Waals surface area contributed by atoms with Crippen LogP contribution >= 0.6 is 0 Å². The van der Waals surface area contributed by atoms with E-state index in [1.165, 1.54) is 18.3 Å². The van der Waals surface area contributed by atoms with Gasteiger partial charge in [0, 0.05) is 20.6 Å². The van der Waals surface area contributed by atoms with E-state index in [0.717, 1.165) is 21.8 Å². The number of likely N-dealkylation sites (N-methyl/N-ethyl adjacent to an activating group) is 2. The quantitative estimate of drug-likeness (QED) is 0.710. The van der Waals surface area contributed by atoms with E-state index in [-0.39, 0.29) is 18.4 Å². The SMILES string of the molecule is CN1C(=O)C2C(N=CN2CC(=O)NCc2ccc(OCc3ccccc3)cc2)N(C)C1=O. The predicted octanol–water partition coefficient (Wildman–Crippen LogP) is 1.44. The number of aliphatic imine (C=N–C) groups is 1. The Bertz CT molecular complexity index is 1020. The van der Waals surface area contributed by atoms with Gasteiger partial charge in [-0.2, -0.15) is 0 Å². The molecule has 1 N–H and O–H groups in total. The molecule has 2 unspecified atom stereocenters. The molecule has 2 heterocycles. The summed E-state index contributed by atoms with van der Waals surface area (Å²) in [6.07, 6.45) is 0.858. The minimum atomic E-state index is -0.686. The van der Waals surface area contributed by atoms with Crippen molar-refractivity contribution in [1.29, 1.82) is 0 Å². The third kappa shape index (κ3) is 4.41. The summed E-state index contributed by atoms with van der Waals surface area (Å²) in [4.78, 5) is 45.3. The molecule has 0 spiro atoms. The number of carbonyl (C=O) groups is 3. The smallest absolute Gasteiger partial charge is 0.328 e. The average Bonchev–Trinajstić information content (AvgIpc) is 3.23. The van der Waals surface area contributed by atoms with E-state index in [0.29, 0.717) is 13.2 Å². The lowest BCUT2D eigenvalue weighted by Gasteiger charge is -2.39. The Morgan fingerprint density at radius 2 is 1.75 bits per heavy atom. The number of imide groups is 1. The molecule has 4 rings (SSSR count). The largest absolute Gasteiger partial charge is 0.489 e. The number of nitrogens with one attached hydrogen (secondary N) is 1. The third-order valence-corrected chi connectivity index (χ3v) is 5.56. The van der Waals surface area contributed by atoms with Gasteiger partial charge in [-0.25, -0.2) is 9.79 Å². The maximum atomic E-state index is 12.5. The lowest BCUT2D eigenvalue weighted by molar-refractivity contribution is -0.136. The van der Waals surface area contributed by atoms with Crippen LogP contribution in [0.1, 0.15) is 11.1 Å². The first-order chi connectivity index (χ1) is 15.4. The standard InChI is InChI=1S/C23H25N5O4/c1-26-21-20(22(30)27(2)23(26)31)28(15-25-21)13-19(29)24-12-16-8-10-18(11-9-16)32-14-17-6-4-3-5-7-17/h3-11,15,20-21H,12-14H2,1-2H3,(H,24,29). The van der Waals surface area contributed by atoms with E-state index in [2.05, 4.69) is 10.3 Å². The van der Waals surface area contributed by atoms with Crippen molar-refractivity contribution in [3.63, 3.8) is 0 Å². The summed E-state index contributed by atoms with van der Waals surface area (Å²) < 4.78 is 5.77. The zero-order chi connectivity index (χ0) is 22.7. The van der Waals surface area contributed by atoms with Crippen LogP contribution in [0.25, 0.3) is 0 Å². The van der Waals surface area contributed by atoms with Crippen LogP contribution in [0.5, 0.6) is 5.75 Å². The van der Waals surface area contributed by atoms with Gasteiger partial charge in [-0.3, -0.25) is 14.5 Å². The Labute approximate surface area is 186 Å². The van der Waals surface area contributed by atoms with Gasteiger partial charge in [-0.15, -0.1) is 0 Å². The van der Waals surface area contributed by atoms with Crippen molar-refractivity contribution in [1.82, 2.24) is 20.0 Å². The molecule has 9 nitrogen and oxygen atoms in total. The number of amides is 4. The molecule has 2 aliphatic rings.